The highest BCUT2D eigenvalue weighted by atomic mass is 16.5. The van der Waals surface area contributed by atoms with E-state index in [0.29, 0.717) is 76.3 Å². The van der Waals surface area contributed by atoms with Gasteiger partial charge in [-0.1, -0.05) is 64.8 Å². The number of aromatic nitrogens is 16. The number of aryl methyl sites for hydroxylation is 4. The second kappa shape index (κ2) is 38.7. The van der Waals surface area contributed by atoms with Crippen molar-refractivity contribution in [1.82, 2.24) is 97.8 Å². The molecule has 12 aliphatic heterocycles. The molecule has 4 aromatic carbocycles. The smallest absolute Gasteiger partial charge is 0.219 e. The van der Waals surface area contributed by atoms with Gasteiger partial charge in [-0.2, -0.15) is 40.8 Å². The highest BCUT2D eigenvalue weighted by molar-refractivity contribution is 5.82. The summed E-state index contributed by atoms with van der Waals surface area (Å²) in [5, 5.41) is 38.4. The Morgan fingerprint density at radius 3 is 0.797 bits per heavy atom. The minimum absolute atomic E-state index is 0.127. The standard InChI is InChI=1S/2C27H34N6O2.2C26H32N6O2/c2*1-4-19-11-21-12-20(22-13-28-30(3)15-22)5-6-25(21)32(14-19)27-24-16-31(18(2)34)9-7-26(24)33(29-27)23-8-10-35-17-23;2*1-17-10-20-11-19(21-12-27-29(3)14-21)4-5-24(20)31(13-17)26-23-15-30(18(2)33)8-6-25(23)32(28-26)22-7-9-34-16-22/h2*5-6,12-13,15,19,23H,4,7-11,14,16-17H2,1-3H3;2*4-5,11-12,14,17,22H,6-10,13,15-16H2,1-3H3/t19-,23+;19-,23-;17-,22+;17-,22-/m1010/s1. The number of hydrogen-bond acceptors (Lipinski definition) is 20. The third-order valence-electron chi connectivity index (χ3n) is 30.9. The van der Waals surface area contributed by atoms with E-state index in [9.17, 15) is 19.2 Å². The summed E-state index contributed by atoms with van der Waals surface area (Å²) in [6.07, 6.45) is 29.7. The van der Waals surface area contributed by atoms with Crippen LogP contribution in [0.5, 0.6) is 0 Å². The van der Waals surface area contributed by atoms with E-state index in [1.807, 2.05) is 91.3 Å². The van der Waals surface area contributed by atoms with E-state index in [-0.39, 0.29) is 47.8 Å². The molecule has 12 aliphatic rings. The van der Waals surface area contributed by atoms with E-state index in [0.717, 1.165) is 214 Å². The lowest BCUT2D eigenvalue weighted by Crippen LogP contribution is -2.36. The molecule has 724 valence electrons. The molecular formula is C106H132N24O8. The maximum atomic E-state index is 12.3. The molecule has 4 fully saturated rings. The second-order valence-electron chi connectivity index (χ2n) is 40.6. The van der Waals surface area contributed by atoms with Crippen molar-refractivity contribution in [2.75, 3.05) is 125 Å². The van der Waals surface area contributed by atoms with Gasteiger partial charge in [-0.05, 0) is 168 Å². The molecular weight excluding hydrogens is 1740 g/mol. The Hall–Kier alpha value is -12.5. The van der Waals surface area contributed by atoms with Crippen molar-refractivity contribution >= 4 is 69.6 Å². The number of rotatable bonds is 14. The van der Waals surface area contributed by atoms with Gasteiger partial charge in [-0.3, -0.25) is 56.6 Å². The van der Waals surface area contributed by atoms with Crippen molar-refractivity contribution in [3.05, 3.63) is 190 Å². The summed E-state index contributed by atoms with van der Waals surface area (Å²) in [6.45, 7) is 31.1. The van der Waals surface area contributed by atoms with Crippen molar-refractivity contribution in [2.45, 2.75) is 196 Å². The van der Waals surface area contributed by atoms with Gasteiger partial charge in [0, 0.05) is 275 Å². The van der Waals surface area contributed by atoms with E-state index in [4.69, 9.17) is 39.3 Å². The lowest BCUT2D eigenvalue weighted by molar-refractivity contribution is -0.130. The van der Waals surface area contributed by atoms with Gasteiger partial charge in [-0.25, -0.2) is 0 Å². The van der Waals surface area contributed by atoms with Crippen LogP contribution in [0.15, 0.2) is 122 Å². The number of amides is 4. The molecule has 32 heteroatoms. The zero-order chi connectivity index (χ0) is 95.0. The number of fused-ring (bicyclic) bond motifs is 8. The molecule has 0 saturated carbocycles. The maximum Gasteiger partial charge on any atom is 0.219 e. The van der Waals surface area contributed by atoms with Gasteiger partial charge < -0.3 is 58.1 Å². The minimum atomic E-state index is 0.127. The zero-order valence-corrected chi connectivity index (χ0v) is 82.2. The molecule has 8 atom stereocenters. The Labute approximate surface area is 807 Å². The second-order valence-corrected chi connectivity index (χ2v) is 40.6. The molecule has 4 saturated heterocycles. The Morgan fingerprint density at radius 2 is 0.580 bits per heavy atom. The highest BCUT2D eigenvalue weighted by Gasteiger charge is 2.42. The van der Waals surface area contributed by atoms with Crippen molar-refractivity contribution in [1.29, 1.82) is 0 Å². The van der Waals surface area contributed by atoms with Gasteiger partial charge in [0.25, 0.3) is 0 Å². The number of benzene rings is 4. The molecule has 12 aromatic rings. The fourth-order valence-electron chi connectivity index (χ4n) is 23.3. The summed E-state index contributed by atoms with van der Waals surface area (Å²) in [7, 11) is 7.81. The molecule has 0 aliphatic carbocycles. The SMILES string of the molecule is CC(=O)N1CCc2c(c(N3C[C@@H](C)Cc4cc(-c5cnn(C)c5)ccc43)nn2[C@H]2CCOC2)C1.CC(=O)N1CCc2c(c(N3C[C@H](C)Cc4cc(-c5cnn(C)c5)ccc43)nn2[C@H]2CCOC2)C1.CC[C@@H]1Cc2cc(-c3cnn(C)c3)ccc2N(c2nn([C@H]3CCOC3)c3c2CN(C(C)=O)CC3)C1.CC[C@H]1Cc2cc(-c3cnn(C)c3)ccc2N(c2nn([C@H]3CCOC3)c3c2CN(C(C)=O)CC3)C1. The monoisotopic (exact) mass is 1870 g/mol. The Bertz CT molecular complexity index is 6140. The molecule has 24 rings (SSSR count). The Morgan fingerprint density at radius 1 is 0.333 bits per heavy atom. The third-order valence-corrected chi connectivity index (χ3v) is 30.9. The minimum Gasteiger partial charge on any atom is -0.379 e. The fourth-order valence-corrected chi connectivity index (χ4v) is 23.3. The van der Waals surface area contributed by atoms with Crippen molar-refractivity contribution in [3.8, 4) is 44.5 Å². The largest absolute Gasteiger partial charge is 0.379 e. The van der Waals surface area contributed by atoms with Crippen LogP contribution in [-0.4, -0.2) is 227 Å². The Kier molecular flexibility index (Phi) is 25.8. The van der Waals surface area contributed by atoms with Crippen LogP contribution in [0.2, 0.25) is 0 Å². The molecule has 4 amide bonds. The number of anilines is 8. The first kappa shape index (κ1) is 91.9. The average molecular weight is 1870 g/mol. The molecule has 0 spiro atoms. The fraction of sp³-hybridized carbons (Fsp3) is 0.509. The summed E-state index contributed by atoms with van der Waals surface area (Å²) < 4.78 is 39.1. The van der Waals surface area contributed by atoms with Crippen molar-refractivity contribution < 1.29 is 38.1 Å². The predicted molar refractivity (Wildman–Crippen MR) is 529 cm³/mol. The highest BCUT2D eigenvalue weighted by Crippen LogP contribution is 2.49. The third kappa shape index (κ3) is 18.1. The zero-order valence-electron chi connectivity index (χ0n) is 82.2. The van der Waals surface area contributed by atoms with E-state index in [1.54, 1.807) is 27.7 Å². The van der Waals surface area contributed by atoms with Gasteiger partial charge >= 0.3 is 0 Å². The van der Waals surface area contributed by atoms with Gasteiger partial charge in [-0.15, -0.1) is 0 Å². The molecule has 0 N–H and O–H groups in total. The van der Waals surface area contributed by atoms with Crippen LogP contribution < -0.4 is 19.6 Å². The van der Waals surface area contributed by atoms with Gasteiger partial charge in [0.15, 0.2) is 23.3 Å². The number of nitrogens with zero attached hydrogens (tertiary/aromatic N) is 24. The normalized spacial score (nSPS) is 21.9. The molecule has 8 aromatic heterocycles. The summed E-state index contributed by atoms with van der Waals surface area (Å²) >= 11 is 0. The summed E-state index contributed by atoms with van der Waals surface area (Å²) in [6, 6.07) is 28.1. The first-order valence-corrected chi connectivity index (χ1v) is 50.3. The van der Waals surface area contributed by atoms with E-state index in [2.05, 4.69) is 184 Å². The van der Waals surface area contributed by atoms with E-state index in [1.165, 1.54) is 112 Å². The number of carbonyl (C=O) groups is 4. The van der Waals surface area contributed by atoms with Crippen LogP contribution in [0.25, 0.3) is 44.5 Å². The lowest BCUT2D eigenvalue weighted by Gasteiger charge is -2.36. The number of ether oxygens (including phenoxy) is 4. The number of carbonyl (C=O) groups excluding carboxylic acids is 4. The van der Waals surface area contributed by atoms with Gasteiger partial charge in [0.2, 0.25) is 23.6 Å². The maximum absolute atomic E-state index is 12.3. The van der Waals surface area contributed by atoms with Crippen LogP contribution >= 0.6 is 0 Å². The topological polar surface area (TPSA) is 274 Å². The van der Waals surface area contributed by atoms with Crippen molar-refractivity contribution in [3.63, 3.8) is 0 Å². The molecule has 138 heavy (non-hydrogen) atoms. The van der Waals surface area contributed by atoms with Crippen LogP contribution in [0.3, 0.4) is 0 Å². The first-order chi connectivity index (χ1) is 67.0. The van der Waals surface area contributed by atoms with Crippen LogP contribution in [0, 0.1) is 23.7 Å². The molecule has 0 unspecified atom stereocenters. The van der Waals surface area contributed by atoms with E-state index >= 15 is 0 Å². The van der Waals surface area contributed by atoms with Crippen LogP contribution in [-0.2, 0) is 144 Å². The predicted octanol–water partition coefficient (Wildman–Crippen LogP) is 14.7. The average Bonchev–Trinajstić information content (AvgIpc) is 1.64. The van der Waals surface area contributed by atoms with Gasteiger partial charge in [0.05, 0.1) is 102 Å². The van der Waals surface area contributed by atoms with Crippen LogP contribution in [0.1, 0.15) is 185 Å². The summed E-state index contributed by atoms with van der Waals surface area (Å²) in [5.74, 6) is 6.67. The van der Waals surface area contributed by atoms with E-state index < -0.39 is 0 Å². The number of hydrogen-bond donors (Lipinski definition) is 0. The summed E-state index contributed by atoms with van der Waals surface area (Å²) in [4.78, 5) is 66.5. The van der Waals surface area contributed by atoms with Gasteiger partial charge in [0.1, 0.15) is 0 Å². The molecule has 0 radical (unpaired) electrons. The van der Waals surface area contributed by atoms with Crippen LogP contribution in [0.4, 0.5) is 46.0 Å². The molecule has 0 bridgehead atoms. The summed E-state index contributed by atoms with van der Waals surface area (Å²) in [5.41, 5.74) is 29.6. The van der Waals surface area contributed by atoms with Crippen molar-refractivity contribution in [2.24, 2.45) is 51.9 Å². The first-order valence-electron chi connectivity index (χ1n) is 50.3. The quantitative estimate of drug-likeness (QED) is 0.0978. The molecule has 20 heterocycles. The molecule has 32 nitrogen and oxygen atoms in total. The Balaban J connectivity index is 0.000000110. The lowest BCUT2D eigenvalue weighted by atomic mass is 9.88.